The number of para-hydroxylation sites is 1. The van der Waals surface area contributed by atoms with Crippen LogP contribution in [0.15, 0.2) is 58.5 Å². The molecule has 3 N–H and O–H groups in total. The van der Waals surface area contributed by atoms with Crippen molar-refractivity contribution >= 4 is 40.7 Å². The second-order valence-corrected chi connectivity index (χ2v) is 8.36. The Kier molecular flexibility index (Phi) is 7.73. The molecule has 1 heterocycles. The summed E-state index contributed by atoms with van der Waals surface area (Å²) >= 11 is 1.09. The van der Waals surface area contributed by atoms with Crippen molar-refractivity contribution in [2.45, 2.75) is 37.6 Å². The van der Waals surface area contributed by atoms with Gasteiger partial charge in [-0.2, -0.15) is 0 Å². The van der Waals surface area contributed by atoms with Crippen LogP contribution in [0.4, 0.5) is 11.4 Å². The number of amides is 2. The number of ketones is 1. The van der Waals surface area contributed by atoms with Gasteiger partial charge in [-0.15, -0.1) is 10.2 Å². The van der Waals surface area contributed by atoms with Gasteiger partial charge in [0.05, 0.1) is 10.9 Å². The van der Waals surface area contributed by atoms with Gasteiger partial charge < -0.3 is 10.6 Å². The van der Waals surface area contributed by atoms with E-state index in [4.69, 9.17) is 0 Å². The van der Waals surface area contributed by atoms with Crippen LogP contribution in [0.5, 0.6) is 0 Å². The monoisotopic (exact) mass is 465 g/mol. The fraction of sp³-hybridized carbons (Fsp3) is 0.217. The Morgan fingerprint density at radius 1 is 1.00 bits per heavy atom. The molecule has 2 aromatic carbocycles. The van der Waals surface area contributed by atoms with Crippen molar-refractivity contribution in [1.82, 2.24) is 15.2 Å². The zero-order valence-corrected chi connectivity index (χ0v) is 19.2. The van der Waals surface area contributed by atoms with Gasteiger partial charge in [-0.25, -0.2) is 0 Å². The highest BCUT2D eigenvalue weighted by Gasteiger charge is 2.21. The highest BCUT2D eigenvalue weighted by molar-refractivity contribution is 8.00. The summed E-state index contributed by atoms with van der Waals surface area (Å²) in [6, 6.07) is 13.4. The van der Waals surface area contributed by atoms with Crippen molar-refractivity contribution in [1.29, 1.82) is 0 Å². The number of thioether (sulfide) groups is 1. The molecule has 0 saturated heterocycles. The van der Waals surface area contributed by atoms with Crippen LogP contribution in [0.3, 0.4) is 0 Å². The summed E-state index contributed by atoms with van der Waals surface area (Å²) in [6.45, 7) is 4.70. The number of nitrogens with zero attached hydrogens (tertiary/aromatic N) is 2. The third kappa shape index (κ3) is 6.13. The molecule has 170 valence electrons. The molecule has 0 unspecified atom stereocenters. The van der Waals surface area contributed by atoms with E-state index < -0.39 is 10.8 Å². The van der Waals surface area contributed by atoms with E-state index in [9.17, 15) is 19.2 Å². The van der Waals surface area contributed by atoms with Crippen molar-refractivity contribution in [3.8, 4) is 11.3 Å². The molecule has 0 aliphatic heterocycles. The topological polar surface area (TPSA) is 134 Å². The number of carbonyl (C=O) groups is 3. The maximum absolute atomic E-state index is 12.7. The summed E-state index contributed by atoms with van der Waals surface area (Å²) in [5.41, 5.74) is 1.59. The van der Waals surface area contributed by atoms with Gasteiger partial charge in [0.15, 0.2) is 16.6 Å². The lowest BCUT2D eigenvalue weighted by Gasteiger charge is -2.14. The molecule has 3 aromatic rings. The second-order valence-electron chi connectivity index (χ2n) is 7.17. The third-order valence-electron chi connectivity index (χ3n) is 4.65. The van der Waals surface area contributed by atoms with E-state index in [0.717, 1.165) is 11.8 Å². The SMILES string of the molecule is CC[C@H](Sc1nnc(-c2ccccc2NC(C)=O)c(=O)[nH]1)C(=O)Nc1ccc(C(C)=O)cc1. The lowest BCUT2D eigenvalue weighted by molar-refractivity contribution is -0.116. The van der Waals surface area contributed by atoms with Crippen LogP contribution in [0.2, 0.25) is 0 Å². The molecule has 33 heavy (non-hydrogen) atoms. The van der Waals surface area contributed by atoms with Gasteiger partial charge >= 0.3 is 0 Å². The molecule has 1 atom stereocenters. The second kappa shape index (κ2) is 10.7. The summed E-state index contributed by atoms with van der Waals surface area (Å²) in [4.78, 5) is 50.9. The average Bonchev–Trinajstić information content (AvgIpc) is 2.78. The molecule has 0 aliphatic rings. The molecule has 0 bridgehead atoms. The lowest BCUT2D eigenvalue weighted by Crippen LogP contribution is -2.25. The zero-order valence-electron chi connectivity index (χ0n) is 18.3. The van der Waals surface area contributed by atoms with Gasteiger partial charge in [0, 0.05) is 23.7 Å². The standard InChI is InChI=1S/C23H23N5O4S/c1-4-19(21(31)25-16-11-9-15(10-12-16)13(2)29)33-23-26-22(32)20(27-28-23)17-7-5-6-8-18(17)24-14(3)30/h5-12,19H,4H2,1-3H3,(H,24,30)(H,25,31)(H,26,28,32)/t19-/m0/s1. The van der Waals surface area contributed by atoms with Crippen LogP contribution >= 0.6 is 11.8 Å². The van der Waals surface area contributed by atoms with Gasteiger partial charge in [0.1, 0.15) is 0 Å². The van der Waals surface area contributed by atoms with Gasteiger partial charge in [-0.05, 0) is 43.7 Å². The number of H-pyrrole nitrogens is 1. The first-order valence-electron chi connectivity index (χ1n) is 10.2. The van der Waals surface area contributed by atoms with Crippen LogP contribution in [-0.4, -0.2) is 38.0 Å². The summed E-state index contributed by atoms with van der Waals surface area (Å²) in [7, 11) is 0. The number of benzene rings is 2. The van der Waals surface area contributed by atoms with Gasteiger partial charge in [-0.1, -0.05) is 36.9 Å². The number of hydrogen-bond donors (Lipinski definition) is 3. The minimum Gasteiger partial charge on any atom is -0.326 e. The van der Waals surface area contributed by atoms with E-state index in [-0.39, 0.29) is 28.4 Å². The molecular formula is C23H23N5O4S. The van der Waals surface area contributed by atoms with E-state index in [0.29, 0.717) is 28.9 Å². The van der Waals surface area contributed by atoms with Crippen LogP contribution in [0, 0.1) is 0 Å². The number of rotatable bonds is 8. The number of aromatic nitrogens is 3. The molecule has 0 spiro atoms. The Balaban J connectivity index is 1.75. The van der Waals surface area contributed by atoms with E-state index in [1.807, 2.05) is 6.92 Å². The molecule has 2 amide bonds. The van der Waals surface area contributed by atoms with Crippen molar-refractivity contribution in [3.63, 3.8) is 0 Å². The first kappa shape index (κ1) is 23.9. The smallest absolute Gasteiger partial charge is 0.278 e. The van der Waals surface area contributed by atoms with Crippen LogP contribution in [0.1, 0.15) is 37.6 Å². The molecular weight excluding hydrogens is 442 g/mol. The highest BCUT2D eigenvalue weighted by atomic mass is 32.2. The summed E-state index contributed by atoms with van der Waals surface area (Å²) < 4.78 is 0. The minimum absolute atomic E-state index is 0.0551. The highest BCUT2D eigenvalue weighted by Crippen LogP contribution is 2.26. The molecule has 0 fully saturated rings. The maximum Gasteiger partial charge on any atom is 0.278 e. The summed E-state index contributed by atoms with van der Waals surface area (Å²) in [5.74, 6) is -0.590. The molecule has 1 aromatic heterocycles. The Labute approximate surface area is 194 Å². The van der Waals surface area contributed by atoms with Crippen LogP contribution in [-0.2, 0) is 9.59 Å². The number of hydrogen-bond acceptors (Lipinski definition) is 7. The third-order valence-corrected chi connectivity index (χ3v) is 5.88. The van der Waals surface area contributed by atoms with Crippen molar-refractivity contribution in [3.05, 3.63) is 64.4 Å². The Bertz CT molecular complexity index is 1240. The predicted octanol–water partition coefficient (Wildman–Crippen LogP) is 3.50. The van der Waals surface area contributed by atoms with E-state index in [1.54, 1.807) is 48.5 Å². The van der Waals surface area contributed by atoms with Gasteiger partial charge in [0.2, 0.25) is 11.8 Å². The Hall–Kier alpha value is -3.79. The quantitative estimate of drug-likeness (QED) is 0.342. The van der Waals surface area contributed by atoms with E-state index in [2.05, 4.69) is 25.8 Å². The fourth-order valence-electron chi connectivity index (χ4n) is 3.01. The molecule has 9 nitrogen and oxygen atoms in total. The molecule has 10 heteroatoms. The average molecular weight is 466 g/mol. The number of nitrogens with one attached hydrogen (secondary N) is 3. The van der Waals surface area contributed by atoms with Gasteiger partial charge in [-0.3, -0.25) is 24.2 Å². The van der Waals surface area contributed by atoms with Gasteiger partial charge in [0.25, 0.3) is 5.56 Å². The van der Waals surface area contributed by atoms with Crippen molar-refractivity contribution < 1.29 is 14.4 Å². The van der Waals surface area contributed by atoms with E-state index >= 15 is 0 Å². The molecule has 0 radical (unpaired) electrons. The maximum atomic E-state index is 12.7. The van der Waals surface area contributed by atoms with Crippen LogP contribution in [0.25, 0.3) is 11.3 Å². The van der Waals surface area contributed by atoms with E-state index in [1.165, 1.54) is 13.8 Å². The van der Waals surface area contributed by atoms with Crippen molar-refractivity contribution in [2.24, 2.45) is 0 Å². The molecule has 0 saturated carbocycles. The molecule has 0 aliphatic carbocycles. The fourth-order valence-corrected chi connectivity index (χ4v) is 3.85. The first-order valence-corrected chi connectivity index (χ1v) is 11.1. The minimum atomic E-state index is -0.528. The number of Topliss-reactive ketones (excluding diaryl/α,β-unsaturated/α-hetero) is 1. The number of aromatic amines is 1. The normalized spacial score (nSPS) is 11.5. The Morgan fingerprint density at radius 2 is 1.70 bits per heavy atom. The number of carbonyl (C=O) groups excluding carboxylic acids is 3. The van der Waals surface area contributed by atoms with Crippen LogP contribution < -0.4 is 16.2 Å². The first-order chi connectivity index (χ1) is 15.8. The lowest BCUT2D eigenvalue weighted by atomic mass is 10.1. The summed E-state index contributed by atoms with van der Waals surface area (Å²) in [6.07, 6.45) is 0.485. The zero-order chi connectivity index (χ0) is 24.0. The summed E-state index contributed by atoms with van der Waals surface area (Å²) in [5, 5.41) is 13.3. The Morgan fingerprint density at radius 3 is 2.30 bits per heavy atom. The number of anilines is 2. The largest absolute Gasteiger partial charge is 0.326 e. The molecule has 3 rings (SSSR count). The van der Waals surface area contributed by atoms with Crippen molar-refractivity contribution in [2.75, 3.05) is 10.6 Å². The predicted molar refractivity (Wildman–Crippen MR) is 127 cm³/mol.